The van der Waals surface area contributed by atoms with Gasteiger partial charge in [0.25, 0.3) is 0 Å². The molecule has 3 N–H and O–H groups in total. The Morgan fingerprint density at radius 3 is 2.88 bits per heavy atom. The zero-order valence-electron chi connectivity index (χ0n) is 8.93. The SMILES string of the molecule is CC(N)(Cc1csc2ccccc12)C(=O)O. The predicted octanol–water partition coefficient (Wildman–Crippen LogP) is 2.25. The van der Waals surface area contributed by atoms with E-state index in [4.69, 9.17) is 10.8 Å². The molecule has 1 aromatic carbocycles. The molecule has 1 atom stereocenters. The average Bonchev–Trinajstić information content (AvgIpc) is 2.61. The molecule has 0 aliphatic heterocycles. The smallest absolute Gasteiger partial charge is 0.323 e. The first-order valence-corrected chi connectivity index (χ1v) is 5.86. The third-order valence-corrected chi connectivity index (χ3v) is 3.62. The van der Waals surface area contributed by atoms with Crippen LogP contribution in [0.1, 0.15) is 12.5 Å². The Labute approximate surface area is 97.5 Å². The van der Waals surface area contributed by atoms with Gasteiger partial charge in [0.15, 0.2) is 0 Å². The molecule has 0 fully saturated rings. The molecule has 0 aliphatic carbocycles. The van der Waals surface area contributed by atoms with Gasteiger partial charge in [-0.15, -0.1) is 11.3 Å². The van der Waals surface area contributed by atoms with Crippen LogP contribution in [0.15, 0.2) is 29.6 Å². The minimum absolute atomic E-state index is 0.354. The number of fused-ring (bicyclic) bond motifs is 1. The van der Waals surface area contributed by atoms with Gasteiger partial charge in [0, 0.05) is 11.1 Å². The lowest BCUT2D eigenvalue weighted by atomic mass is 9.94. The van der Waals surface area contributed by atoms with Crippen molar-refractivity contribution >= 4 is 27.4 Å². The van der Waals surface area contributed by atoms with Gasteiger partial charge in [0.2, 0.25) is 0 Å². The lowest BCUT2D eigenvalue weighted by molar-refractivity contribution is -0.142. The average molecular weight is 235 g/mol. The van der Waals surface area contributed by atoms with Crippen LogP contribution in [0.4, 0.5) is 0 Å². The molecule has 0 amide bonds. The molecule has 0 radical (unpaired) electrons. The van der Waals surface area contributed by atoms with Crippen LogP contribution in [0.2, 0.25) is 0 Å². The van der Waals surface area contributed by atoms with Crippen molar-refractivity contribution in [2.24, 2.45) is 5.73 Å². The Bertz CT molecular complexity index is 531. The van der Waals surface area contributed by atoms with E-state index in [1.165, 1.54) is 4.70 Å². The molecular formula is C12H13NO2S. The molecule has 4 heteroatoms. The third kappa shape index (κ3) is 1.94. The fraction of sp³-hybridized carbons (Fsp3) is 0.250. The summed E-state index contributed by atoms with van der Waals surface area (Å²) in [6.45, 7) is 1.54. The van der Waals surface area contributed by atoms with E-state index in [9.17, 15) is 4.79 Å². The van der Waals surface area contributed by atoms with Crippen molar-refractivity contribution in [3.05, 3.63) is 35.2 Å². The maximum Gasteiger partial charge on any atom is 0.323 e. The molecule has 3 nitrogen and oxygen atoms in total. The second-order valence-corrected chi connectivity index (χ2v) is 5.07. The highest BCUT2D eigenvalue weighted by molar-refractivity contribution is 7.17. The molecule has 2 aromatic rings. The Kier molecular flexibility index (Phi) is 2.69. The van der Waals surface area contributed by atoms with Gasteiger partial charge in [-0.25, -0.2) is 0 Å². The number of carboxylic acids is 1. The van der Waals surface area contributed by atoms with Crippen LogP contribution >= 0.6 is 11.3 Å². The van der Waals surface area contributed by atoms with Gasteiger partial charge < -0.3 is 10.8 Å². The summed E-state index contributed by atoms with van der Waals surface area (Å²) in [5.41, 5.74) is 5.55. The highest BCUT2D eigenvalue weighted by atomic mass is 32.1. The Morgan fingerprint density at radius 1 is 1.50 bits per heavy atom. The fourth-order valence-corrected chi connectivity index (χ4v) is 2.60. The number of thiophene rings is 1. The van der Waals surface area contributed by atoms with Gasteiger partial charge in [-0.05, 0) is 29.3 Å². The number of aliphatic carboxylic acids is 1. The van der Waals surface area contributed by atoms with Gasteiger partial charge in [-0.2, -0.15) is 0 Å². The molecule has 2 rings (SSSR count). The summed E-state index contributed by atoms with van der Waals surface area (Å²) in [6, 6.07) is 7.95. The van der Waals surface area contributed by atoms with E-state index in [1.54, 1.807) is 18.3 Å². The summed E-state index contributed by atoms with van der Waals surface area (Å²) in [5.74, 6) is -0.970. The zero-order chi connectivity index (χ0) is 11.8. The molecule has 0 saturated heterocycles. The standard InChI is InChI=1S/C12H13NO2S/c1-12(13,11(14)15)6-8-7-16-10-5-3-2-4-9(8)10/h2-5,7H,6,13H2,1H3,(H,14,15). The molecule has 0 saturated carbocycles. The largest absolute Gasteiger partial charge is 0.480 e. The summed E-state index contributed by atoms with van der Waals surface area (Å²) in [6.07, 6.45) is 0.354. The summed E-state index contributed by atoms with van der Waals surface area (Å²) < 4.78 is 1.17. The van der Waals surface area contributed by atoms with Crippen LogP contribution in [0.5, 0.6) is 0 Å². The summed E-state index contributed by atoms with van der Waals surface area (Å²) in [5, 5.41) is 12.1. The molecule has 0 spiro atoms. The van der Waals surface area contributed by atoms with E-state index in [0.717, 1.165) is 10.9 Å². The Morgan fingerprint density at radius 2 is 2.19 bits per heavy atom. The van der Waals surface area contributed by atoms with Crippen molar-refractivity contribution in [2.45, 2.75) is 18.9 Å². The van der Waals surface area contributed by atoms with Crippen LogP contribution in [0, 0.1) is 0 Å². The number of carboxylic acid groups (broad SMARTS) is 1. The lowest BCUT2D eigenvalue weighted by Gasteiger charge is -2.18. The van der Waals surface area contributed by atoms with Crippen LogP contribution in [-0.4, -0.2) is 16.6 Å². The second kappa shape index (κ2) is 3.88. The predicted molar refractivity (Wildman–Crippen MR) is 65.8 cm³/mol. The maximum atomic E-state index is 11.0. The highest BCUT2D eigenvalue weighted by Gasteiger charge is 2.28. The van der Waals surface area contributed by atoms with Gasteiger partial charge in [-0.1, -0.05) is 18.2 Å². The van der Waals surface area contributed by atoms with Crippen molar-refractivity contribution in [2.75, 3.05) is 0 Å². The van der Waals surface area contributed by atoms with Crippen LogP contribution in [0.25, 0.3) is 10.1 Å². The molecule has 0 bridgehead atoms. The first-order chi connectivity index (χ1) is 7.50. The van der Waals surface area contributed by atoms with Crippen molar-refractivity contribution in [1.29, 1.82) is 0 Å². The molecule has 1 heterocycles. The second-order valence-electron chi connectivity index (χ2n) is 4.16. The summed E-state index contributed by atoms with van der Waals surface area (Å²) in [7, 11) is 0. The summed E-state index contributed by atoms with van der Waals surface area (Å²) in [4.78, 5) is 11.0. The van der Waals surface area contributed by atoms with E-state index < -0.39 is 11.5 Å². The number of hydrogen-bond acceptors (Lipinski definition) is 3. The van der Waals surface area contributed by atoms with Crippen molar-refractivity contribution in [3.8, 4) is 0 Å². The first-order valence-electron chi connectivity index (χ1n) is 4.98. The molecule has 16 heavy (non-hydrogen) atoms. The van der Waals surface area contributed by atoms with E-state index in [0.29, 0.717) is 6.42 Å². The minimum atomic E-state index is -1.20. The Hall–Kier alpha value is -1.39. The number of benzene rings is 1. The third-order valence-electron chi connectivity index (χ3n) is 2.61. The zero-order valence-corrected chi connectivity index (χ0v) is 9.75. The van der Waals surface area contributed by atoms with Gasteiger partial charge in [0.05, 0.1) is 0 Å². The quantitative estimate of drug-likeness (QED) is 0.857. The van der Waals surface area contributed by atoms with E-state index >= 15 is 0 Å². The highest BCUT2D eigenvalue weighted by Crippen LogP contribution is 2.27. The number of rotatable bonds is 3. The number of hydrogen-bond donors (Lipinski definition) is 2. The molecule has 0 aliphatic rings. The monoisotopic (exact) mass is 235 g/mol. The van der Waals surface area contributed by atoms with Crippen molar-refractivity contribution < 1.29 is 9.90 Å². The first kappa shape index (κ1) is 11.1. The fourth-order valence-electron chi connectivity index (χ4n) is 1.64. The number of carbonyl (C=O) groups is 1. The minimum Gasteiger partial charge on any atom is -0.480 e. The maximum absolute atomic E-state index is 11.0. The van der Waals surface area contributed by atoms with Crippen LogP contribution < -0.4 is 5.73 Å². The molecule has 84 valence electrons. The van der Waals surface area contributed by atoms with E-state index in [1.807, 2.05) is 29.6 Å². The molecule has 1 aromatic heterocycles. The normalized spacial score (nSPS) is 14.9. The number of nitrogens with two attached hydrogens (primary N) is 1. The van der Waals surface area contributed by atoms with E-state index in [-0.39, 0.29) is 0 Å². The van der Waals surface area contributed by atoms with E-state index in [2.05, 4.69) is 0 Å². The van der Waals surface area contributed by atoms with Gasteiger partial charge >= 0.3 is 5.97 Å². The Balaban J connectivity index is 2.38. The van der Waals surface area contributed by atoms with Gasteiger partial charge in [0.1, 0.15) is 5.54 Å². The van der Waals surface area contributed by atoms with Crippen molar-refractivity contribution in [1.82, 2.24) is 0 Å². The molecular weight excluding hydrogens is 222 g/mol. The molecule has 1 unspecified atom stereocenters. The van der Waals surface area contributed by atoms with Gasteiger partial charge in [-0.3, -0.25) is 4.79 Å². The topological polar surface area (TPSA) is 63.3 Å². The van der Waals surface area contributed by atoms with Crippen LogP contribution in [-0.2, 0) is 11.2 Å². The summed E-state index contributed by atoms with van der Waals surface area (Å²) >= 11 is 1.62. The van der Waals surface area contributed by atoms with Crippen molar-refractivity contribution in [3.63, 3.8) is 0 Å². The van der Waals surface area contributed by atoms with Crippen LogP contribution in [0.3, 0.4) is 0 Å². The lowest BCUT2D eigenvalue weighted by Crippen LogP contribution is -2.46.